The van der Waals surface area contributed by atoms with E-state index in [4.69, 9.17) is 16.7 Å². The average molecular weight is 461 g/mol. The lowest BCUT2D eigenvalue weighted by Gasteiger charge is -2.32. The van der Waals surface area contributed by atoms with Crippen LogP contribution in [0.1, 0.15) is 37.0 Å². The topological polar surface area (TPSA) is 95.4 Å². The Morgan fingerprint density at radius 1 is 1.35 bits per heavy atom. The SMILES string of the molecule is CCCC(=O)O.C[C@@H]1CN(C(=O)c2ccc3c(Cl)cc(-c4nccs4)nc3c2)CCN1. The molecule has 4 rings (SSSR count). The molecule has 0 unspecified atom stereocenters. The van der Waals surface area contributed by atoms with Crippen molar-refractivity contribution in [2.75, 3.05) is 19.6 Å². The van der Waals surface area contributed by atoms with E-state index in [0.29, 0.717) is 41.7 Å². The van der Waals surface area contributed by atoms with Gasteiger partial charge in [0.25, 0.3) is 5.91 Å². The summed E-state index contributed by atoms with van der Waals surface area (Å²) in [5.41, 5.74) is 2.08. The summed E-state index contributed by atoms with van der Waals surface area (Å²) in [5, 5.41) is 15.4. The van der Waals surface area contributed by atoms with Gasteiger partial charge in [-0.15, -0.1) is 11.3 Å². The number of benzene rings is 1. The molecule has 1 aliphatic heterocycles. The van der Waals surface area contributed by atoms with Gasteiger partial charge < -0.3 is 15.3 Å². The summed E-state index contributed by atoms with van der Waals surface area (Å²) in [7, 11) is 0. The fraction of sp³-hybridized carbons (Fsp3) is 0.364. The van der Waals surface area contributed by atoms with Crippen LogP contribution in [0, 0.1) is 0 Å². The van der Waals surface area contributed by atoms with Gasteiger partial charge in [0.1, 0.15) is 10.7 Å². The van der Waals surface area contributed by atoms with Crippen molar-refractivity contribution in [3.63, 3.8) is 0 Å². The van der Waals surface area contributed by atoms with Crippen LogP contribution in [0.15, 0.2) is 35.8 Å². The minimum atomic E-state index is -0.711. The first-order valence-electron chi connectivity index (χ1n) is 10.1. The van der Waals surface area contributed by atoms with Gasteiger partial charge in [-0.1, -0.05) is 24.6 Å². The van der Waals surface area contributed by atoms with Gasteiger partial charge in [-0.25, -0.2) is 9.97 Å². The van der Waals surface area contributed by atoms with Crippen molar-refractivity contribution in [1.29, 1.82) is 0 Å². The zero-order chi connectivity index (χ0) is 22.4. The first-order valence-corrected chi connectivity index (χ1v) is 11.4. The number of amides is 1. The molecular formula is C22H25ClN4O3S. The van der Waals surface area contributed by atoms with Crippen LogP contribution in [0.4, 0.5) is 0 Å². The van der Waals surface area contributed by atoms with E-state index in [1.165, 1.54) is 11.3 Å². The number of rotatable bonds is 4. The third-order valence-electron chi connectivity index (χ3n) is 4.78. The molecule has 7 nitrogen and oxygen atoms in total. The Morgan fingerprint density at radius 2 is 2.16 bits per heavy atom. The number of pyridine rings is 1. The molecule has 3 aromatic rings. The first-order chi connectivity index (χ1) is 14.9. The quantitative estimate of drug-likeness (QED) is 0.602. The third kappa shape index (κ3) is 6.00. The summed E-state index contributed by atoms with van der Waals surface area (Å²) >= 11 is 7.92. The number of hydrogen-bond acceptors (Lipinski definition) is 6. The van der Waals surface area contributed by atoms with Crippen LogP contribution in [0.5, 0.6) is 0 Å². The summed E-state index contributed by atoms with van der Waals surface area (Å²) < 4.78 is 0. The van der Waals surface area contributed by atoms with Crippen LogP contribution < -0.4 is 5.32 Å². The molecule has 2 N–H and O–H groups in total. The number of carbonyl (C=O) groups excluding carboxylic acids is 1. The van der Waals surface area contributed by atoms with E-state index < -0.39 is 5.97 Å². The second kappa shape index (κ2) is 10.7. The van der Waals surface area contributed by atoms with Gasteiger partial charge in [-0.2, -0.15) is 0 Å². The molecule has 1 atom stereocenters. The molecule has 164 valence electrons. The lowest BCUT2D eigenvalue weighted by atomic mass is 10.1. The summed E-state index contributed by atoms with van der Waals surface area (Å²) in [6.45, 7) is 6.17. The molecule has 31 heavy (non-hydrogen) atoms. The molecule has 1 aromatic carbocycles. The maximum Gasteiger partial charge on any atom is 0.303 e. The number of fused-ring (bicyclic) bond motifs is 1. The molecule has 0 saturated carbocycles. The van der Waals surface area contributed by atoms with Gasteiger partial charge in [0.15, 0.2) is 0 Å². The number of nitrogens with zero attached hydrogens (tertiary/aromatic N) is 3. The molecule has 1 saturated heterocycles. The normalized spacial score (nSPS) is 16.0. The van der Waals surface area contributed by atoms with Gasteiger partial charge >= 0.3 is 5.97 Å². The zero-order valence-corrected chi connectivity index (χ0v) is 19.0. The van der Waals surface area contributed by atoms with Crippen LogP contribution in [0.3, 0.4) is 0 Å². The fourth-order valence-corrected chi connectivity index (χ4v) is 4.15. The smallest absolute Gasteiger partial charge is 0.303 e. The molecular weight excluding hydrogens is 436 g/mol. The Morgan fingerprint density at radius 3 is 2.77 bits per heavy atom. The van der Waals surface area contributed by atoms with Crippen molar-refractivity contribution >= 4 is 45.7 Å². The van der Waals surface area contributed by atoms with E-state index in [-0.39, 0.29) is 5.91 Å². The standard InChI is InChI=1S/C18H17ClN4OS.C4H8O2/c1-11-10-23(6-4-20-11)18(24)12-2-3-13-14(19)9-16(22-15(13)8-12)17-21-5-7-25-17;1-2-3-4(5)6/h2-3,5,7-9,11,20H,4,6,10H2,1H3;2-3H2,1H3,(H,5,6)/t11-;/m1./s1. The highest BCUT2D eigenvalue weighted by Gasteiger charge is 2.22. The maximum atomic E-state index is 12.8. The van der Waals surface area contributed by atoms with Crippen molar-refractivity contribution in [2.45, 2.75) is 32.7 Å². The van der Waals surface area contributed by atoms with E-state index in [2.05, 4.69) is 22.2 Å². The molecule has 3 heterocycles. The van der Waals surface area contributed by atoms with Crippen LogP contribution in [-0.2, 0) is 4.79 Å². The highest BCUT2D eigenvalue weighted by atomic mass is 35.5. The van der Waals surface area contributed by atoms with E-state index in [1.54, 1.807) is 6.20 Å². The Bertz CT molecular complexity index is 1060. The molecule has 0 bridgehead atoms. The van der Waals surface area contributed by atoms with Crippen molar-refractivity contribution < 1.29 is 14.7 Å². The molecule has 2 aromatic heterocycles. The van der Waals surface area contributed by atoms with Gasteiger partial charge in [0.05, 0.1) is 10.5 Å². The summed E-state index contributed by atoms with van der Waals surface area (Å²) in [5.74, 6) is -0.676. The predicted molar refractivity (Wildman–Crippen MR) is 124 cm³/mol. The van der Waals surface area contributed by atoms with Crippen molar-refractivity contribution in [3.8, 4) is 10.7 Å². The minimum absolute atomic E-state index is 0.0350. The number of thiazole rings is 1. The van der Waals surface area contributed by atoms with Gasteiger partial charge in [-0.05, 0) is 31.5 Å². The van der Waals surface area contributed by atoms with Crippen LogP contribution in [0.25, 0.3) is 21.6 Å². The second-order valence-corrected chi connectivity index (χ2v) is 8.61. The van der Waals surface area contributed by atoms with Crippen LogP contribution in [0.2, 0.25) is 5.02 Å². The van der Waals surface area contributed by atoms with E-state index in [1.807, 2.05) is 41.5 Å². The average Bonchev–Trinajstić information content (AvgIpc) is 3.28. The fourth-order valence-electron chi connectivity index (χ4n) is 3.29. The zero-order valence-electron chi connectivity index (χ0n) is 17.5. The number of hydrogen-bond donors (Lipinski definition) is 2. The van der Waals surface area contributed by atoms with Crippen molar-refractivity contribution in [1.82, 2.24) is 20.2 Å². The van der Waals surface area contributed by atoms with E-state index in [0.717, 1.165) is 29.1 Å². The Labute approximate surface area is 190 Å². The predicted octanol–water partition coefficient (Wildman–Crippen LogP) is 4.32. The molecule has 0 aliphatic carbocycles. The highest BCUT2D eigenvalue weighted by molar-refractivity contribution is 7.13. The monoisotopic (exact) mass is 460 g/mol. The Balaban J connectivity index is 0.000000401. The highest BCUT2D eigenvalue weighted by Crippen LogP contribution is 2.29. The van der Waals surface area contributed by atoms with Gasteiger partial charge in [-0.3, -0.25) is 9.59 Å². The maximum absolute atomic E-state index is 12.8. The Hall–Kier alpha value is -2.55. The lowest BCUT2D eigenvalue weighted by molar-refractivity contribution is -0.137. The van der Waals surface area contributed by atoms with Crippen molar-refractivity contribution in [3.05, 3.63) is 46.4 Å². The summed E-state index contributed by atoms with van der Waals surface area (Å²) in [6, 6.07) is 7.65. The molecule has 1 aliphatic rings. The number of nitrogens with one attached hydrogen (secondary N) is 1. The first kappa shape index (κ1) is 23.1. The molecule has 9 heteroatoms. The summed E-state index contributed by atoms with van der Waals surface area (Å²) in [4.78, 5) is 33.2. The number of piperazine rings is 1. The number of halogens is 1. The minimum Gasteiger partial charge on any atom is -0.481 e. The Kier molecular flexibility index (Phi) is 7.95. The number of aromatic nitrogens is 2. The number of carboxylic acids is 1. The second-order valence-electron chi connectivity index (χ2n) is 7.31. The molecule has 1 amide bonds. The van der Waals surface area contributed by atoms with Gasteiger partial charge in [0, 0.05) is 54.6 Å². The van der Waals surface area contributed by atoms with Crippen molar-refractivity contribution in [2.24, 2.45) is 0 Å². The summed E-state index contributed by atoms with van der Waals surface area (Å²) in [6.07, 6.45) is 2.76. The van der Waals surface area contributed by atoms with E-state index in [9.17, 15) is 9.59 Å². The third-order valence-corrected chi connectivity index (χ3v) is 5.89. The lowest BCUT2D eigenvalue weighted by Crippen LogP contribution is -2.51. The number of carbonyl (C=O) groups is 2. The van der Waals surface area contributed by atoms with Crippen LogP contribution >= 0.6 is 22.9 Å². The number of carboxylic acid groups (broad SMARTS) is 1. The largest absolute Gasteiger partial charge is 0.481 e. The molecule has 0 spiro atoms. The van der Waals surface area contributed by atoms with Gasteiger partial charge in [0.2, 0.25) is 0 Å². The molecule has 0 radical (unpaired) electrons. The van der Waals surface area contributed by atoms with Crippen LogP contribution in [-0.4, -0.2) is 57.5 Å². The van der Waals surface area contributed by atoms with E-state index >= 15 is 0 Å². The molecule has 1 fully saturated rings. The number of aliphatic carboxylic acids is 1.